The van der Waals surface area contributed by atoms with Crippen LogP contribution in [-0.2, 0) is 11.2 Å². The number of nitrogens with one attached hydrogen (secondary N) is 2. The Balaban J connectivity index is 1.37. The first-order valence-corrected chi connectivity index (χ1v) is 12.2. The SMILES string of the molecule is O=C(N[C@@H](c1ccc(F)c(Cl)c1)[C@@H]1CCNC1)c1ccc2cnc(CC3CCOCC3)nc2c1. The zero-order valence-electron chi connectivity index (χ0n) is 18.9. The lowest BCUT2D eigenvalue weighted by Crippen LogP contribution is -2.34. The summed E-state index contributed by atoms with van der Waals surface area (Å²) in [5.41, 5.74) is 2.09. The van der Waals surface area contributed by atoms with E-state index in [9.17, 15) is 9.18 Å². The molecule has 0 bridgehead atoms. The Bertz CT molecular complexity index is 1180. The molecule has 2 aliphatic heterocycles. The molecule has 1 aromatic heterocycles. The average molecular weight is 483 g/mol. The molecule has 3 aromatic rings. The van der Waals surface area contributed by atoms with Gasteiger partial charge < -0.3 is 15.4 Å². The van der Waals surface area contributed by atoms with Gasteiger partial charge in [0, 0.05) is 43.3 Å². The van der Waals surface area contributed by atoms with E-state index >= 15 is 0 Å². The minimum absolute atomic E-state index is 0.0576. The second kappa shape index (κ2) is 10.3. The molecule has 2 aromatic carbocycles. The Hall–Kier alpha value is -2.61. The van der Waals surface area contributed by atoms with Crippen LogP contribution >= 0.6 is 11.6 Å². The highest BCUT2D eigenvalue weighted by Crippen LogP contribution is 2.30. The molecule has 6 nitrogen and oxygen atoms in total. The van der Waals surface area contributed by atoms with Gasteiger partial charge in [0.1, 0.15) is 11.6 Å². The summed E-state index contributed by atoms with van der Waals surface area (Å²) in [6.45, 7) is 3.24. The molecule has 2 aliphatic rings. The van der Waals surface area contributed by atoms with Crippen LogP contribution in [0.2, 0.25) is 5.02 Å². The smallest absolute Gasteiger partial charge is 0.251 e. The highest BCUT2D eigenvalue weighted by molar-refractivity contribution is 6.30. The van der Waals surface area contributed by atoms with Gasteiger partial charge in [0.25, 0.3) is 5.91 Å². The van der Waals surface area contributed by atoms with Crippen molar-refractivity contribution in [3.8, 4) is 0 Å². The summed E-state index contributed by atoms with van der Waals surface area (Å²) in [6.07, 6.45) is 5.60. The van der Waals surface area contributed by atoms with Crippen LogP contribution in [0.3, 0.4) is 0 Å². The number of hydrogen-bond acceptors (Lipinski definition) is 5. The molecule has 0 spiro atoms. The van der Waals surface area contributed by atoms with Crippen LogP contribution < -0.4 is 10.6 Å². The number of carbonyl (C=O) groups excluding carboxylic acids is 1. The Labute approximate surface area is 203 Å². The van der Waals surface area contributed by atoms with E-state index in [0.29, 0.717) is 11.5 Å². The summed E-state index contributed by atoms with van der Waals surface area (Å²) in [5.74, 6) is 0.864. The number of carbonyl (C=O) groups is 1. The fourth-order valence-corrected chi connectivity index (χ4v) is 5.06. The number of fused-ring (bicyclic) bond motifs is 1. The maximum Gasteiger partial charge on any atom is 0.251 e. The van der Waals surface area contributed by atoms with E-state index in [4.69, 9.17) is 21.3 Å². The van der Waals surface area contributed by atoms with Crippen molar-refractivity contribution >= 4 is 28.4 Å². The Morgan fingerprint density at radius 3 is 2.82 bits per heavy atom. The van der Waals surface area contributed by atoms with Crippen molar-refractivity contribution in [2.24, 2.45) is 11.8 Å². The summed E-state index contributed by atoms with van der Waals surface area (Å²) >= 11 is 6.04. The highest BCUT2D eigenvalue weighted by Gasteiger charge is 2.28. The lowest BCUT2D eigenvalue weighted by atomic mass is 9.91. The normalized spacial score (nSPS) is 19.9. The molecule has 0 saturated carbocycles. The number of aromatic nitrogens is 2. The molecule has 0 radical (unpaired) electrons. The lowest BCUT2D eigenvalue weighted by molar-refractivity contribution is 0.0660. The standard InChI is InChI=1S/C26H28ClFN4O2/c27-21-12-17(3-4-22(21)28)25(20-5-8-29-14-20)32-26(33)18-1-2-19-15-30-24(31-23(19)13-18)11-16-6-9-34-10-7-16/h1-4,12-13,15-16,20,25,29H,5-11,14H2,(H,32,33)/t20-,25+/m1/s1. The van der Waals surface area contributed by atoms with Gasteiger partial charge in [-0.15, -0.1) is 0 Å². The van der Waals surface area contributed by atoms with Gasteiger partial charge in [-0.1, -0.05) is 23.7 Å². The number of halogens is 2. The quantitative estimate of drug-likeness (QED) is 0.542. The first-order chi connectivity index (χ1) is 16.6. The minimum atomic E-state index is -0.467. The van der Waals surface area contributed by atoms with Crippen LogP contribution in [-0.4, -0.2) is 42.2 Å². The minimum Gasteiger partial charge on any atom is -0.381 e. The van der Waals surface area contributed by atoms with Crippen molar-refractivity contribution in [1.82, 2.24) is 20.6 Å². The number of nitrogens with zero attached hydrogens (tertiary/aromatic N) is 2. The van der Waals surface area contributed by atoms with E-state index in [1.165, 1.54) is 6.07 Å². The van der Waals surface area contributed by atoms with Crippen molar-refractivity contribution in [1.29, 1.82) is 0 Å². The van der Waals surface area contributed by atoms with Crippen LogP contribution in [0.15, 0.2) is 42.6 Å². The van der Waals surface area contributed by atoms with Gasteiger partial charge in [0.15, 0.2) is 0 Å². The van der Waals surface area contributed by atoms with Gasteiger partial charge in [-0.2, -0.15) is 0 Å². The average Bonchev–Trinajstić information content (AvgIpc) is 3.39. The monoisotopic (exact) mass is 482 g/mol. The van der Waals surface area contributed by atoms with Gasteiger partial charge in [0.05, 0.1) is 16.6 Å². The van der Waals surface area contributed by atoms with Crippen LogP contribution in [0.1, 0.15) is 47.1 Å². The van der Waals surface area contributed by atoms with Crippen molar-refractivity contribution in [2.45, 2.75) is 31.7 Å². The van der Waals surface area contributed by atoms with Gasteiger partial charge in [-0.05, 0) is 67.5 Å². The molecule has 2 N–H and O–H groups in total. The van der Waals surface area contributed by atoms with Gasteiger partial charge in [-0.25, -0.2) is 14.4 Å². The van der Waals surface area contributed by atoms with Crippen molar-refractivity contribution in [3.63, 3.8) is 0 Å². The van der Waals surface area contributed by atoms with E-state index in [1.807, 2.05) is 18.3 Å². The van der Waals surface area contributed by atoms with Crippen LogP contribution in [0.5, 0.6) is 0 Å². The predicted octanol–water partition coefficient (Wildman–Crippen LogP) is 4.47. The summed E-state index contributed by atoms with van der Waals surface area (Å²) in [4.78, 5) is 22.6. The van der Waals surface area contributed by atoms with E-state index < -0.39 is 5.82 Å². The summed E-state index contributed by atoms with van der Waals surface area (Å²) in [6, 6.07) is 9.88. The third kappa shape index (κ3) is 5.22. The molecule has 2 atom stereocenters. The van der Waals surface area contributed by atoms with E-state index in [1.54, 1.807) is 18.2 Å². The molecule has 0 aliphatic carbocycles. The van der Waals surface area contributed by atoms with Gasteiger partial charge in [-0.3, -0.25) is 4.79 Å². The molecule has 5 rings (SSSR count). The zero-order chi connectivity index (χ0) is 23.5. The molecule has 0 unspecified atom stereocenters. The van der Waals surface area contributed by atoms with Crippen molar-refractivity contribution in [2.75, 3.05) is 26.3 Å². The first-order valence-electron chi connectivity index (χ1n) is 11.9. The van der Waals surface area contributed by atoms with E-state index in [0.717, 1.165) is 74.3 Å². The number of rotatable bonds is 6. The predicted molar refractivity (Wildman–Crippen MR) is 129 cm³/mol. The Morgan fingerprint density at radius 2 is 2.06 bits per heavy atom. The fourth-order valence-electron chi connectivity index (χ4n) is 4.88. The second-order valence-corrected chi connectivity index (χ2v) is 9.60. The van der Waals surface area contributed by atoms with Crippen molar-refractivity contribution < 1.29 is 13.9 Å². The van der Waals surface area contributed by atoms with Gasteiger partial charge in [0.2, 0.25) is 0 Å². The van der Waals surface area contributed by atoms with Crippen LogP contribution in [0.4, 0.5) is 4.39 Å². The molecule has 8 heteroatoms. The van der Waals surface area contributed by atoms with E-state index in [2.05, 4.69) is 15.6 Å². The molecule has 2 saturated heterocycles. The number of benzene rings is 2. The number of ether oxygens (including phenoxy) is 1. The Kier molecular flexibility index (Phi) is 7.04. The molecule has 3 heterocycles. The van der Waals surface area contributed by atoms with Crippen molar-refractivity contribution in [3.05, 3.63) is 70.4 Å². The third-order valence-electron chi connectivity index (χ3n) is 6.87. The highest BCUT2D eigenvalue weighted by atomic mass is 35.5. The maximum absolute atomic E-state index is 13.7. The molecule has 1 amide bonds. The first kappa shape index (κ1) is 23.1. The lowest BCUT2D eigenvalue weighted by Gasteiger charge is -2.25. The summed E-state index contributed by atoms with van der Waals surface area (Å²) < 4.78 is 19.2. The molecular weight excluding hydrogens is 455 g/mol. The summed E-state index contributed by atoms with van der Waals surface area (Å²) in [7, 11) is 0. The fraction of sp³-hybridized carbons (Fsp3) is 0.423. The maximum atomic E-state index is 13.7. The largest absolute Gasteiger partial charge is 0.381 e. The third-order valence-corrected chi connectivity index (χ3v) is 7.16. The molecular formula is C26H28ClFN4O2. The van der Waals surface area contributed by atoms with Gasteiger partial charge >= 0.3 is 0 Å². The number of hydrogen-bond donors (Lipinski definition) is 2. The second-order valence-electron chi connectivity index (χ2n) is 9.20. The summed E-state index contributed by atoms with van der Waals surface area (Å²) in [5, 5.41) is 7.46. The Morgan fingerprint density at radius 1 is 1.21 bits per heavy atom. The molecule has 178 valence electrons. The molecule has 2 fully saturated rings. The van der Waals surface area contributed by atoms with E-state index in [-0.39, 0.29) is 22.9 Å². The van der Waals surface area contributed by atoms with Crippen LogP contribution in [0.25, 0.3) is 10.9 Å². The number of amides is 1. The topological polar surface area (TPSA) is 76.1 Å². The zero-order valence-corrected chi connectivity index (χ0v) is 19.7. The van der Waals surface area contributed by atoms with Crippen LogP contribution in [0, 0.1) is 17.7 Å². The molecule has 34 heavy (non-hydrogen) atoms.